The minimum Gasteiger partial charge on any atom is -0.491 e. The fourth-order valence-corrected chi connectivity index (χ4v) is 4.09. The van der Waals surface area contributed by atoms with Crippen molar-refractivity contribution in [2.24, 2.45) is 0 Å². The molecule has 4 heterocycles. The third kappa shape index (κ3) is 3.79. The monoisotopic (exact) mass is 418 g/mol. The van der Waals surface area contributed by atoms with Crippen LogP contribution in [0.15, 0.2) is 24.3 Å². The summed E-state index contributed by atoms with van der Waals surface area (Å²) >= 11 is 0. The summed E-state index contributed by atoms with van der Waals surface area (Å²) in [5.74, 6) is 1.16. The van der Waals surface area contributed by atoms with Gasteiger partial charge < -0.3 is 10.1 Å². The van der Waals surface area contributed by atoms with Gasteiger partial charge in [0.25, 0.3) is 0 Å². The molecule has 1 aromatic carbocycles. The van der Waals surface area contributed by atoms with Crippen molar-refractivity contribution in [1.29, 1.82) is 0 Å². The van der Waals surface area contributed by atoms with Crippen LogP contribution in [0, 0.1) is 0 Å². The normalized spacial score (nSPS) is 17.2. The van der Waals surface area contributed by atoms with Gasteiger partial charge in [0, 0.05) is 12.1 Å². The first-order valence-corrected chi connectivity index (χ1v) is 10.0. The Morgan fingerprint density at radius 3 is 2.80 bits per heavy atom. The van der Waals surface area contributed by atoms with Crippen molar-refractivity contribution < 1.29 is 17.9 Å². The number of H-pyrrole nitrogens is 1. The summed E-state index contributed by atoms with van der Waals surface area (Å²) in [5.41, 5.74) is 3.44. The van der Waals surface area contributed by atoms with Crippen LogP contribution in [0.25, 0.3) is 17.2 Å². The second kappa shape index (κ2) is 7.42. The molecule has 0 saturated carbocycles. The highest BCUT2D eigenvalue weighted by atomic mass is 19.4. The van der Waals surface area contributed by atoms with Crippen molar-refractivity contribution in [1.82, 2.24) is 30.3 Å². The van der Waals surface area contributed by atoms with Crippen molar-refractivity contribution in [2.45, 2.75) is 37.8 Å². The lowest BCUT2D eigenvalue weighted by Crippen LogP contribution is -2.26. The molecule has 10 heteroatoms. The Kier molecular flexibility index (Phi) is 4.73. The maximum atomic E-state index is 12.6. The Balaban J connectivity index is 1.49. The molecule has 30 heavy (non-hydrogen) atoms. The summed E-state index contributed by atoms with van der Waals surface area (Å²) in [4.78, 5) is 3.98. The van der Waals surface area contributed by atoms with Crippen molar-refractivity contribution in [2.75, 3.05) is 19.7 Å². The van der Waals surface area contributed by atoms with Crippen LogP contribution in [0.4, 0.5) is 13.2 Å². The lowest BCUT2D eigenvalue weighted by Gasteiger charge is -2.23. The zero-order valence-electron chi connectivity index (χ0n) is 16.2. The Morgan fingerprint density at radius 1 is 1.17 bits per heavy atom. The van der Waals surface area contributed by atoms with Gasteiger partial charge in [0.2, 0.25) is 5.82 Å². The number of benzene rings is 1. The van der Waals surface area contributed by atoms with E-state index in [0.717, 1.165) is 43.1 Å². The zero-order chi connectivity index (χ0) is 20.7. The van der Waals surface area contributed by atoms with Crippen molar-refractivity contribution >= 4 is 0 Å². The van der Waals surface area contributed by atoms with Crippen molar-refractivity contribution in [3.05, 3.63) is 41.3 Å². The van der Waals surface area contributed by atoms with E-state index in [4.69, 9.17) is 4.74 Å². The van der Waals surface area contributed by atoms with E-state index in [2.05, 4.69) is 37.7 Å². The molecule has 0 atom stereocenters. The summed E-state index contributed by atoms with van der Waals surface area (Å²) in [5, 5.41) is 14.3. The molecule has 3 aromatic rings. The van der Waals surface area contributed by atoms with Crippen molar-refractivity contribution in [3.63, 3.8) is 0 Å². The van der Waals surface area contributed by atoms with Crippen LogP contribution < -0.4 is 10.1 Å². The van der Waals surface area contributed by atoms with Crippen LogP contribution in [0.2, 0.25) is 0 Å². The van der Waals surface area contributed by atoms with Crippen LogP contribution in [-0.4, -0.2) is 50.8 Å². The van der Waals surface area contributed by atoms with Gasteiger partial charge in [0.15, 0.2) is 0 Å². The smallest absolute Gasteiger partial charge is 0.396 e. The third-order valence-electron chi connectivity index (χ3n) is 5.55. The molecule has 0 radical (unpaired) electrons. The Labute approximate surface area is 170 Å². The number of fused-ring (bicyclic) bond motifs is 3. The minimum absolute atomic E-state index is 0.159. The van der Waals surface area contributed by atoms with Crippen LogP contribution in [0.1, 0.15) is 35.8 Å². The molecular weight excluding hydrogens is 397 g/mol. The van der Waals surface area contributed by atoms with E-state index >= 15 is 0 Å². The van der Waals surface area contributed by atoms with Crippen LogP contribution in [0.3, 0.4) is 0 Å². The van der Waals surface area contributed by atoms with Gasteiger partial charge in [-0.2, -0.15) is 23.4 Å². The lowest BCUT2D eigenvalue weighted by atomic mass is 9.90. The molecule has 2 aliphatic heterocycles. The molecule has 0 unspecified atom stereocenters. The van der Waals surface area contributed by atoms with Gasteiger partial charge in [-0.3, -0.25) is 5.10 Å². The molecule has 1 fully saturated rings. The SMILES string of the molecule is FC(F)(F)Cc1nc(-c2cc3n(n2)-c2cc(C4CCNCC4)ccc2OCC3)n[nH]1. The number of halogens is 3. The number of nitrogens with zero attached hydrogens (tertiary/aromatic N) is 4. The summed E-state index contributed by atoms with van der Waals surface area (Å²) in [6, 6.07) is 8.03. The Morgan fingerprint density at radius 2 is 2.00 bits per heavy atom. The van der Waals surface area contributed by atoms with Gasteiger partial charge >= 0.3 is 6.18 Å². The van der Waals surface area contributed by atoms with Crippen molar-refractivity contribution in [3.8, 4) is 23.0 Å². The average Bonchev–Trinajstić information content (AvgIpc) is 3.31. The third-order valence-corrected chi connectivity index (χ3v) is 5.55. The predicted molar refractivity (Wildman–Crippen MR) is 103 cm³/mol. The number of aromatic amines is 1. The maximum absolute atomic E-state index is 12.6. The topological polar surface area (TPSA) is 80.7 Å². The molecule has 0 amide bonds. The minimum atomic E-state index is -4.34. The molecule has 0 bridgehead atoms. The highest BCUT2D eigenvalue weighted by molar-refractivity contribution is 5.55. The highest BCUT2D eigenvalue weighted by Crippen LogP contribution is 2.34. The average molecular weight is 418 g/mol. The molecule has 0 aliphatic carbocycles. The Bertz CT molecular complexity index is 1050. The first-order chi connectivity index (χ1) is 14.5. The molecule has 2 aromatic heterocycles. The van der Waals surface area contributed by atoms with Crippen LogP contribution in [0.5, 0.6) is 5.75 Å². The fourth-order valence-electron chi connectivity index (χ4n) is 4.09. The molecule has 0 spiro atoms. The number of ether oxygens (including phenoxy) is 1. The van der Waals surface area contributed by atoms with Crippen LogP contribution >= 0.6 is 0 Å². The number of aromatic nitrogens is 5. The molecule has 2 N–H and O–H groups in total. The van der Waals surface area contributed by atoms with E-state index < -0.39 is 12.6 Å². The quantitative estimate of drug-likeness (QED) is 0.683. The summed E-state index contributed by atoms with van der Waals surface area (Å²) < 4.78 is 45.6. The van der Waals surface area contributed by atoms with Gasteiger partial charge in [-0.05, 0) is 55.6 Å². The van der Waals surface area contributed by atoms with Gasteiger partial charge in [0.1, 0.15) is 29.4 Å². The predicted octanol–water partition coefficient (Wildman–Crippen LogP) is 3.16. The molecular formula is C20H21F3N6O. The Hall–Kier alpha value is -2.88. The summed E-state index contributed by atoms with van der Waals surface area (Å²) in [6.45, 7) is 2.50. The summed E-state index contributed by atoms with van der Waals surface area (Å²) in [7, 11) is 0. The first kappa shape index (κ1) is 19.1. The second-order valence-corrected chi connectivity index (χ2v) is 7.68. The second-order valence-electron chi connectivity index (χ2n) is 7.68. The number of hydrogen-bond donors (Lipinski definition) is 2. The number of piperidine rings is 1. The van der Waals surface area contributed by atoms with E-state index in [-0.39, 0.29) is 11.6 Å². The standard InChI is InChI=1S/C20H21F3N6O/c21-20(22,23)11-18-25-19(27-26-18)15-10-14-5-8-30-17-2-1-13(9-16(17)29(14)28-15)12-3-6-24-7-4-12/h1-2,9-10,12,24H,3-8,11H2,(H,25,26,27). The molecule has 5 rings (SSSR count). The van der Waals surface area contributed by atoms with Gasteiger partial charge in [0.05, 0.1) is 6.61 Å². The zero-order valence-corrected chi connectivity index (χ0v) is 16.2. The van der Waals surface area contributed by atoms with E-state index in [1.807, 2.05) is 16.8 Å². The molecule has 2 aliphatic rings. The van der Waals surface area contributed by atoms with Gasteiger partial charge in [-0.1, -0.05) is 6.07 Å². The van der Waals surface area contributed by atoms with Gasteiger partial charge in [-0.15, -0.1) is 0 Å². The number of hydrogen-bond acceptors (Lipinski definition) is 5. The summed E-state index contributed by atoms with van der Waals surface area (Å²) in [6.07, 6.45) is -2.70. The maximum Gasteiger partial charge on any atom is 0.396 e. The highest BCUT2D eigenvalue weighted by Gasteiger charge is 2.30. The molecule has 7 nitrogen and oxygen atoms in total. The fraction of sp³-hybridized carbons (Fsp3) is 0.450. The number of alkyl halides is 3. The lowest BCUT2D eigenvalue weighted by molar-refractivity contribution is -0.128. The molecule has 1 saturated heterocycles. The number of nitrogens with one attached hydrogen (secondary N) is 2. The van der Waals surface area contributed by atoms with E-state index in [9.17, 15) is 13.2 Å². The number of rotatable bonds is 3. The first-order valence-electron chi connectivity index (χ1n) is 10.0. The largest absolute Gasteiger partial charge is 0.491 e. The van der Waals surface area contributed by atoms with Crippen LogP contribution in [-0.2, 0) is 12.8 Å². The molecule has 158 valence electrons. The van der Waals surface area contributed by atoms with E-state index in [1.165, 1.54) is 5.56 Å². The van der Waals surface area contributed by atoms with E-state index in [0.29, 0.717) is 24.6 Å². The van der Waals surface area contributed by atoms with E-state index in [1.54, 1.807) is 0 Å². The van der Waals surface area contributed by atoms with Gasteiger partial charge in [-0.25, -0.2) is 9.67 Å².